The van der Waals surface area contributed by atoms with Crippen LogP contribution in [0.3, 0.4) is 0 Å². The number of hydrogen-bond donors (Lipinski definition) is 1. The number of aromatic nitrogens is 2. The molecule has 36 heavy (non-hydrogen) atoms. The quantitative estimate of drug-likeness (QED) is 0.422. The Labute approximate surface area is 212 Å². The van der Waals surface area contributed by atoms with Crippen LogP contribution in [0.1, 0.15) is 24.0 Å². The van der Waals surface area contributed by atoms with Crippen LogP contribution < -0.4 is 13.8 Å². The fourth-order valence-corrected chi connectivity index (χ4v) is 7.67. The van der Waals surface area contributed by atoms with E-state index >= 15 is 0 Å². The lowest BCUT2D eigenvalue weighted by Gasteiger charge is -2.29. The molecule has 1 saturated carbocycles. The number of methoxy groups -OCH3 is 2. The lowest BCUT2D eigenvalue weighted by molar-refractivity contribution is 0.361. The molecule has 0 unspecified atom stereocenters. The number of anilines is 1. The molecule has 0 bridgehead atoms. The third kappa shape index (κ3) is 4.03. The summed E-state index contributed by atoms with van der Waals surface area (Å²) in [6.07, 6.45) is 4.04. The van der Waals surface area contributed by atoms with Crippen molar-refractivity contribution in [3.63, 3.8) is 0 Å². The zero-order chi connectivity index (χ0) is 25.9. The molecule has 0 saturated heterocycles. The van der Waals surface area contributed by atoms with Gasteiger partial charge in [-0.15, -0.1) is 0 Å². The molecule has 11 heteroatoms. The molecule has 1 aromatic carbocycles. The number of ether oxygens (including phenoxy) is 2. The van der Waals surface area contributed by atoms with E-state index in [9.17, 15) is 13.5 Å². The average molecular weight is 530 g/mol. The van der Waals surface area contributed by atoms with E-state index in [2.05, 4.69) is 29.8 Å². The van der Waals surface area contributed by atoms with Crippen molar-refractivity contribution in [1.82, 2.24) is 10.1 Å². The van der Waals surface area contributed by atoms with Crippen LogP contribution in [0.5, 0.6) is 17.4 Å². The average Bonchev–Trinajstić information content (AvgIpc) is 3.48. The Morgan fingerprint density at radius 1 is 1.17 bits per heavy atom. The number of benzene rings is 1. The van der Waals surface area contributed by atoms with Crippen molar-refractivity contribution in [2.24, 2.45) is 0 Å². The number of nitrogens with zero attached hydrogens (tertiary/aromatic N) is 3. The minimum atomic E-state index is -4.20. The molecule has 2 heterocycles. The summed E-state index contributed by atoms with van der Waals surface area (Å²) in [5.41, 5.74) is 2.54. The van der Waals surface area contributed by atoms with E-state index < -0.39 is 18.1 Å². The molecule has 9 nitrogen and oxygen atoms in total. The first kappa shape index (κ1) is 24.6. The van der Waals surface area contributed by atoms with Gasteiger partial charge in [-0.2, -0.15) is 0 Å². The molecular formula is C25H31N3O6SSi. The van der Waals surface area contributed by atoms with E-state index in [1.807, 2.05) is 6.07 Å². The van der Waals surface area contributed by atoms with Crippen LogP contribution in [0.15, 0.2) is 39.9 Å². The second kappa shape index (κ2) is 8.51. The SMILES string of the molecule is COc1ccnc(OC)c1S(=O)(=O)N(CC[Si](C)(C)C)c1noc2c1CC1(CC1)c1ccc(O)cc1-2. The number of hydrogen-bond acceptors (Lipinski definition) is 8. The third-order valence-electron chi connectivity index (χ3n) is 7.05. The minimum absolute atomic E-state index is 0.0429. The van der Waals surface area contributed by atoms with Gasteiger partial charge in [0.1, 0.15) is 11.5 Å². The highest BCUT2D eigenvalue weighted by Crippen LogP contribution is 2.59. The van der Waals surface area contributed by atoms with Crippen LogP contribution in [0.4, 0.5) is 5.82 Å². The number of aromatic hydroxyl groups is 1. The van der Waals surface area contributed by atoms with Gasteiger partial charge in [0.05, 0.1) is 14.2 Å². The maximum atomic E-state index is 14.3. The minimum Gasteiger partial charge on any atom is -0.508 e. The van der Waals surface area contributed by atoms with E-state index in [0.29, 0.717) is 18.2 Å². The number of pyridine rings is 1. The summed E-state index contributed by atoms with van der Waals surface area (Å²) in [4.78, 5) is 3.99. The van der Waals surface area contributed by atoms with E-state index in [1.165, 1.54) is 30.8 Å². The topological polar surface area (TPSA) is 115 Å². The summed E-state index contributed by atoms with van der Waals surface area (Å²) in [6, 6.07) is 7.51. The molecular weight excluding hydrogens is 498 g/mol. The van der Waals surface area contributed by atoms with E-state index in [1.54, 1.807) is 12.1 Å². The van der Waals surface area contributed by atoms with Gasteiger partial charge in [0.25, 0.3) is 10.0 Å². The Morgan fingerprint density at radius 3 is 2.56 bits per heavy atom. The van der Waals surface area contributed by atoms with Crippen molar-refractivity contribution in [2.45, 2.75) is 55.3 Å². The largest absolute Gasteiger partial charge is 0.508 e. The van der Waals surface area contributed by atoms with Gasteiger partial charge >= 0.3 is 0 Å². The molecule has 2 aliphatic carbocycles. The van der Waals surface area contributed by atoms with Crippen LogP contribution in [0.2, 0.25) is 25.7 Å². The van der Waals surface area contributed by atoms with Gasteiger partial charge in [-0.3, -0.25) is 0 Å². The Kier molecular flexibility index (Phi) is 5.83. The fraction of sp³-hybridized carbons (Fsp3) is 0.440. The second-order valence-corrected chi connectivity index (χ2v) is 18.2. The smallest absolute Gasteiger partial charge is 0.274 e. The van der Waals surface area contributed by atoms with Crippen LogP contribution in [0.25, 0.3) is 11.3 Å². The first-order valence-corrected chi connectivity index (χ1v) is 17.1. The van der Waals surface area contributed by atoms with E-state index in [4.69, 9.17) is 14.0 Å². The molecule has 0 radical (unpaired) electrons. The van der Waals surface area contributed by atoms with Crippen molar-refractivity contribution in [2.75, 3.05) is 25.1 Å². The van der Waals surface area contributed by atoms with Crippen LogP contribution in [-0.2, 0) is 21.9 Å². The highest BCUT2D eigenvalue weighted by Gasteiger charge is 2.51. The van der Waals surface area contributed by atoms with Crippen molar-refractivity contribution < 1.29 is 27.5 Å². The predicted molar refractivity (Wildman–Crippen MR) is 138 cm³/mol. The summed E-state index contributed by atoms with van der Waals surface area (Å²) in [7, 11) is -3.05. The normalized spacial score (nSPS) is 15.8. The third-order valence-corrected chi connectivity index (χ3v) is 10.6. The number of rotatable bonds is 8. The maximum absolute atomic E-state index is 14.3. The fourth-order valence-electron chi connectivity index (χ4n) is 4.92. The molecule has 1 N–H and O–H groups in total. The molecule has 2 aliphatic rings. The first-order valence-electron chi connectivity index (χ1n) is 11.9. The van der Waals surface area contributed by atoms with Crippen molar-refractivity contribution in [3.05, 3.63) is 41.6 Å². The lowest BCUT2D eigenvalue weighted by Crippen LogP contribution is -2.37. The monoisotopic (exact) mass is 529 g/mol. The van der Waals surface area contributed by atoms with Crippen molar-refractivity contribution in [1.29, 1.82) is 0 Å². The van der Waals surface area contributed by atoms with E-state index in [-0.39, 0.29) is 40.1 Å². The van der Waals surface area contributed by atoms with Gasteiger partial charge in [-0.25, -0.2) is 17.7 Å². The Balaban J connectivity index is 1.69. The van der Waals surface area contributed by atoms with Crippen LogP contribution in [0, 0.1) is 0 Å². The molecule has 0 atom stereocenters. The predicted octanol–water partition coefficient (Wildman–Crippen LogP) is 4.58. The summed E-state index contributed by atoms with van der Waals surface area (Å²) in [5.74, 6) is 1.01. The number of fused-ring (bicyclic) bond motifs is 4. The summed E-state index contributed by atoms with van der Waals surface area (Å²) in [5, 5.41) is 14.5. The number of phenols is 1. The second-order valence-electron chi connectivity index (χ2n) is 10.7. The van der Waals surface area contributed by atoms with Gasteiger partial charge in [0.2, 0.25) is 5.88 Å². The molecule has 1 fully saturated rings. The molecule has 3 aromatic rings. The van der Waals surface area contributed by atoms with Gasteiger partial charge in [-0.1, -0.05) is 30.9 Å². The molecule has 0 amide bonds. The molecule has 1 spiro atoms. The summed E-state index contributed by atoms with van der Waals surface area (Å²) in [6.45, 7) is 6.82. The van der Waals surface area contributed by atoms with Gasteiger partial charge in [0.15, 0.2) is 16.5 Å². The molecule has 2 aromatic heterocycles. The zero-order valence-electron chi connectivity index (χ0n) is 21.2. The van der Waals surface area contributed by atoms with Crippen LogP contribution in [-0.4, -0.2) is 52.5 Å². The highest BCUT2D eigenvalue weighted by atomic mass is 32.2. The Hall–Kier alpha value is -3.05. The van der Waals surface area contributed by atoms with Gasteiger partial charge in [-0.05, 0) is 43.0 Å². The summed E-state index contributed by atoms with van der Waals surface area (Å²) >= 11 is 0. The van der Waals surface area contributed by atoms with Crippen molar-refractivity contribution in [3.8, 4) is 28.7 Å². The first-order chi connectivity index (χ1) is 17.0. The molecule has 0 aliphatic heterocycles. The van der Waals surface area contributed by atoms with Crippen molar-refractivity contribution >= 4 is 23.9 Å². The standard InChI is InChI=1S/C25H31N3O6SSi/c1-32-20-8-11-26-24(33-2)22(20)35(30,31)28(12-13-36(3,4)5)23-18-15-25(9-10-25)19-7-6-16(29)14-17(19)21(18)34-27-23/h6-8,11,14,29H,9-10,12-13,15H2,1-5H3. The van der Waals surface area contributed by atoms with Crippen LogP contribution >= 0.6 is 0 Å². The maximum Gasteiger partial charge on any atom is 0.274 e. The lowest BCUT2D eigenvalue weighted by atomic mass is 9.79. The molecule has 5 rings (SSSR count). The molecule has 192 valence electrons. The van der Waals surface area contributed by atoms with E-state index in [0.717, 1.165) is 29.5 Å². The Morgan fingerprint density at radius 2 is 1.92 bits per heavy atom. The Bertz CT molecular complexity index is 1400. The summed E-state index contributed by atoms with van der Waals surface area (Å²) < 4.78 is 46.5. The number of phenolic OH excluding ortho intramolecular Hbond substituents is 1. The highest BCUT2D eigenvalue weighted by molar-refractivity contribution is 7.93. The van der Waals surface area contributed by atoms with Gasteiger partial charge < -0.3 is 19.1 Å². The van der Waals surface area contributed by atoms with Gasteiger partial charge in [0, 0.05) is 43.4 Å². The zero-order valence-corrected chi connectivity index (χ0v) is 23.0. The number of sulfonamides is 1.